The first kappa shape index (κ1) is 22.3. The molecular formula is C25H28ClN3O3. The van der Waals surface area contributed by atoms with Gasteiger partial charge in [0.1, 0.15) is 5.52 Å². The Morgan fingerprint density at radius 1 is 1.19 bits per heavy atom. The highest BCUT2D eigenvalue weighted by Gasteiger charge is 2.36. The quantitative estimate of drug-likeness (QED) is 0.579. The largest absolute Gasteiger partial charge is 0.449 e. The van der Waals surface area contributed by atoms with E-state index in [9.17, 15) is 9.59 Å². The van der Waals surface area contributed by atoms with Gasteiger partial charge in [-0.15, -0.1) is 0 Å². The van der Waals surface area contributed by atoms with Crippen LogP contribution in [0.4, 0.5) is 0 Å². The van der Waals surface area contributed by atoms with E-state index in [4.69, 9.17) is 21.0 Å². The van der Waals surface area contributed by atoms with E-state index < -0.39 is 5.54 Å². The Hall–Kier alpha value is -2.86. The molecule has 1 aromatic carbocycles. The Morgan fingerprint density at radius 2 is 1.88 bits per heavy atom. The van der Waals surface area contributed by atoms with Crippen LogP contribution < -0.4 is 5.32 Å². The van der Waals surface area contributed by atoms with E-state index in [1.54, 1.807) is 11.0 Å². The lowest BCUT2D eigenvalue weighted by molar-refractivity contribution is -0.120. The average Bonchev–Trinajstić information content (AvgIpc) is 3.09. The van der Waals surface area contributed by atoms with Gasteiger partial charge in [-0.3, -0.25) is 9.59 Å². The lowest BCUT2D eigenvalue weighted by Gasteiger charge is -2.35. The summed E-state index contributed by atoms with van der Waals surface area (Å²) in [6, 6.07) is 11.3. The molecule has 0 unspecified atom stereocenters. The van der Waals surface area contributed by atoms with Gasteiger partial charge in [0.25, 0.3) is 5.91 Å². The molecule has 0 radical (unpaired) electrons. The zero-order valence-electron chi connectivity index (χ0n) is 19.1. The highest BCUT2D eigenvalue weighted by molar-refractivity contribution is 6.30. The molecule has 2 aromatic heterocycles. The maximum Gasteiger partial charge on any atom is 0.290 e. The number of carbonyl (C=O) groups is 2. The molecule has 1 fully saturated rings. The Labute approximate surface area is 192 Å². The Kier molecular flexibility index (Phi) is 5.53. The van der Waals surface area contributed by atoms with Crippen LogP contribution in [0.1, 0.15) is 57.2 Å². The molecule has 3 aromatic rings. The fraction of sp³-hybridized carbons (Fsp3) is 0.400. The molecule has 32 heavy (non-hydrogen) atoms. The lowest BCUT2D eigenvalue weighted by Crippen LogP contribution is -2.51. The van der Waals surface area contributed by atoms with Gasteiger partial charge >= 0.3 is 0 Å². The number of benzene rings is 1. The van der Waals surface area contributed by atoms with Gasteiger partial charge in [-0.25, -0.2) is 4.98 Å². The normalized spacial score (nSPS) is 16.7. The monoisotopic (exact) mass is 453 g/mol. The summed E-state index contributed by atoms with van der Waals surface area (Å²) in [5.41, 5.74) is 3.19. The summed E-state index contributed by atoms with van der Waals surface area (Å²) in [4.78, 5) is 31.8. The topological polar surface area (TPSA) is 75.4 Å². The minimum Gasteiger partial charge on any atom is -0.449 e. The molecule has 168 valence electrons. The van der Waals surface area contributed by atoms with Crippen molar-refractivity contribution >= 4 is 34.5 Å². The molecule has 0 spiro atoms. The Balaban J connectivity index is 1.81. The van der Waals surface area contributed by atoms with E-state index in [2.05, 4.69) is 26.1 Å². The van der Waals surface area contributed by atoms with Crippen molar-refractivity contribution in [1.82, 2.24) is 15.2 Å². The molecule has 4 rings (SSSR count). The maximum atomic E-state index is 13.4. The molecular weight excluding hydrogens is 426 g/mol. The number of hydrogen-bond donors (Lipinski definition) is 1. The van der Waals surface area contributed by atoms with E-state index in [-0.39, 0.29) is 29.4 Å². The third-order valence-electron chi connectivity index (χ3n) is 5.89. The van der Waals surface area contributed by atoms with E-state index in [1.165, 1.54) is 0 Å². The molecule has 1 aliphatic rings. The number of pyridine rings is 1. The lowest BCUT2D eigenvalue weighted by atomic mass is 9.86. The molecule has 1 N–H and O–H groups in total. The predicted octanol–water partition coefficient (Wildman–Crippen LogP) is 5.19. The van der Waals surface area contributed by atoms with Gasteiger partial charge in [0.05, 0.1) is 11.2 Å². The van der Waals surface area contributed by atoms with Crippen molar-refractivity contribution in [2.75, 3.05) is 13.1 Å². The first-order chi connectivity index (χ1) is 15.0. The van der Waals surface area contributed by atoms with E-state index in [0.717, 1.165) is 16.8 Å². The Bertz CT molecular complexity index is 1190. The van der Waals surface area contributed by atoms with Crippen molar-refractivity contribution in [2.45, 2.75) is 52.0 Å². The first-order valence-corrected chi connectivity index (χ1v) is 11.1. The van der Waals surface area contributed by atoms with Crippen LogP contribution in [0, 0.1) is 0 Å². The number of halogens is 1. The zero-order valence-corrected chi connectivity index (χ0v) is 19.8. The highest BCUT2D eigenvalue weighted by atomic mass is 35.5. The first-order valence-electron chi connectivity index (χ1n) is 10.8. The van der Waals surface area contributed by atoms with Crippen molar-refractivity contribution in [2.24, 2.45) is 0 Å². The van der Waals surface area contributed by atoms with Crippen LogP contribution in [-0.4, -0.2) is 40.3 Å². The smallest absolute Gasteiger partial charge is 0.290 e. The minimum absolute atomic E-state index is 0.0535. The van der Waals surface area contributed by atoms with Crippen LogP contribution in [-0.2, 0) is 10.2 Å². The van der Waals surface area contributed by atoms with Crippen molar-refractivity contribution < 1.29 is 14.0 Å². The van der Waals surface area contributed by atoms with Gasteiger partial charge < -0.3 is 14.6 Å². The standard InChI is InChI=1S/C25H28ClN3O3/c1-24(2,3)17-12-18(15-6-8-16(26)9-7-15)28-19-13-20(32-22(17)19)23(31)29-11-10-21(30)27-14-25(29,4)5/h6-9,12-13H,10-11,14H2,1-5H3,(H,27,30). The number of hydrogen-bond acceptors (Lipinski definition) is 4. The van der Waals surface area contributed by atoms with Crippen molar-refractivity contribution in [3.05, 3.63) is 52.7 Å². The Morgan fingerprint density at radius 3 is 2.53 bits per heavy atom. The summed E-state index contributed by atoms with van der Waals surface area (Å²) in [6.07, 6.45) is 0.265. The second-order valence-electron chi connectivity index (χ2n) is 9.93. The van der Waals surface area contributed by atoms with Crippen LogP contribution >= 0.6 is 11.6 Å². The van der Waals surface area contributed by atoms with Crippen LogP contribution in [0.25, 0.3) is 22.4 Å². The highest BCUT2D eigenvalue weighted by Crippen LogP contribution is 2.35. The third-order valence-corrected chi connectivity index (χ3v) is 6.15. The van der Waals surface area contributed by atoms with Crippen molar-refractivity contribution in [3.63, 3.8) is 0 Å². The van der Waals surface area contributed by atoms with Gasteiger partial charge in [0.2, 0.25) is 5.91 Å². The third kappa shape index (κ3) is 4.24. The van der Waals surface area contributed by atoms with Crippen LogP contribution in [0.15, 0.2) is 40.8 Å². The number of aromatic nitrogens is 1. The molecule has 0 bridgehead atoms. The molecule has 0 atom stereocenters. The van der Waals surface area contributed by atoms with Gasteiger partial charge in [-0.1, -0.05) is 44.5 Å². The van der Waals surface area contributed by atoms with Crippen LogP contribution in [0.2, 0.25) is 5.02 Å². The number of carbonyl (C=O) groups excluding carboxylic acids is 2. The van der Waals surface area contributed by atoms with E-state index in [0.29, 0.717) is 29.2 Å². The molecule has 7 heteroatoms. The summed E-state index contributed by atoms with van der Waals surface area (Å²) in [5.74, 6) is -0.0617. The zero-order chi connectivity index (χ0) is 23.3. The summed E-state index contributed by atoms with van der Waals surface area (Å²) in [6.45, 7) is 10.9. The number of amides is 2. The number of fused-ring (bicyclic) bond motifs is 1. The van der Waals surface area contributed by atoms with Gasteiger partial charge in [-0.05, 0) is 37.5 Å². The van der Waals surface area contributed by atoms with Gasteiger partial charge in [0.15, 0.2) is 11.3 Å². The number of furan rings is 1. The molecule has 3 heterocycles. The molecule has 2 amide bonds. The summed E-state index contributed by atoms with van der Waals surface area (Å²) < 4.78 is 6.13. The predicted molar refractivity (Wildman–Crippen MR) is 126 cm³/mol. The fourth-order valence-electron chi connectivity index (χ4n) is 3.98. The second-order valence-corrected chi connectivity index (χ2v) is 10.4. The van der Waals surface area contributed by atoms with E-state index >= 15 is 0 Å². The summed E-state index contributed by atoms with van der Waals surface area (Å²) in [5, 5.41) is 3.53. The summed E-state index contributed by atoms with van der Waals surface area (Å²) in [7, 11) is 0. The number of nitrogens with zero attached hydrogens (tertiary/aromatic N) is 2. The van der Waals surface area contributed by atoms with Gasteiger partial charge in [0, 0.05) is 41.7 Å². The number of rotatable bonds is 2. The second kappa shape index (κ2) is 7.93. The van der Waals surface area contributed by atoms with Crippen molar-refractivity contribution in [1.29, 1.82) is 0 Å². The molecule has 0 saturated carbocycles. The number of nitrogens with one attached hydrogen (secondary N) is 1. The van der Waals surface area contributed by atoms with Crippen LogP contribution in [0.5, 0.6) is 0 Å². The molecule has 0 aliphatic carbocycles. The summed E-state index contributed by atoms with van der Waals surface area (Å²) >= 11 is 6.05. The maximum absolute atomic E-state index is 13.4. The van der Waals surface area contributed by atoms with Crippen molar-refractivity contribution in [3.8, 4) is 11.3 Å². The molecule has 1 saturated heterocycles. The average molecular weight is 454 g/mol. The fourth-order valence-corrected chi connectivity index (χ4v) is 4.10. The SMILES string of the molecule is CC(C)(C)c1cc(-c2ccc(Cl)cc2)nc2cc(C(=O)N3CCC(=O)NCC3(C)C)oc12. The molecule has 6 nitrogen and oxygen atoms in total. The van der Waals surface area contributed by atoms with Gasteiger partial charge in [-0.2, -0.15) is 0 Å². The van der Waals surface area contributed by atoms with Crippen LogP contribution in [0.3, 0.4) is 0 Å². The minimum atomic E-state index is -0.531. The van der Waals surface area contributed by atoms with E-state index in [1.807, 2.05) is 44.2 Å². The molecule has 1 aliphatic heterocycles.